The SMILES string of the molecule is CCNC(=NCc1cnc(C)s1)NCC1(Sc2ccccc2)CC1.I. The lowest BCUT2D eigenvalue weighted by Crippen LogP contribution is -2.41. The smallest absolute Gasteiger partial charge is 0.191 e. The van der Waals surface area contributed by atoms with Crippen LogP contribution in [0.2, 0.25) is 0 Å². The summed E-state index contributed by atoms with van der Waals surface area (Å²) in [6.07, 6.45) is 4.43. The Labute approximate surface area is 175 Å². The molecule has 3 rings (SSSR count). The Balaban J connectivity index is 0.00000225. The van der Waals surface area contributed by atoms with Crippen molar-refractivity contribution in [3.8, 4) is 0 Å². The van der Waals surface area contributed by atoms with Crippen LogP contribution in [0.3, 0.4) is 0 Å². The summed E-state index contributed by atoms with van der Waals surface area (Å²) in [6, 6.07) is 10.7. The molecule has 1 saturated carbocycles. The molecule has 136 valence electrons. The van der Waals surface area contributed by atoms with Crippen molar-refractivity contribution >= 4 is 53.0 Å². The Morgan fingerprint density at radius 1 is 1.28 bits per heavy atom. The zero-order valence-electron chi connectivity index (χ0n) is 14.6. The Morgan fingerprint density at radius 2 is 2.04 bits per heavy atom. The minimum atomic E-state index is 0. The lowest BCUT2D eigenvalue weighted by atomic mass is 10.4. The molecule has 0 unspecified atom stereocenters. The molecular weight excluding hydrogens is 463 g/mol. The first-order valence-corrected chi connectivity index (χ1v) is 10.00. The summed E-state index contributed by atoms with van der Waals surface area (Å²) in [4.78, 5) is 11.5. The number of nitrogens with zero attached hydrogens (tertiary/aromatic N) is 2. The number of aliphatic imine (C=N–C) groups is 1. The monoisotopic (exact) mass is 488 g/mol. The zero-order valence-corrected chi connectivity index (χ0v) is 18.6. The van der Waals surface area contributed by atoms with Gasteiger partial charge in [0.2, 0.25) is 0 Å². The van der Waals surface area contributed by atoms with Crippen LogP contribution in [0.4, 0.5) is 0 Å². The van der Waals surface area contributed by atoms with E-state index in [1.54, 1.807) is 11.3 Å². The minimum absolute atomic E-state index is 0. The third-order valence-corrected chi connectivity index (χ3v) is 6.26. The van der Waals surface area contributed by atoms with E-state index in [4.69, 9.17) is 4.99 Å². The first kappa shape index (κ1) is 20.5. The molecule has 0 bridgehead atoms. The van der Waals surface area contributed by atoms with Crippen LogP contribution in [0.5, 0.6) is 0 Å². The molecule has 0 amide bonds. The maximum Gasteiger partial charge on any atom is 0.191 e. The van der Waals surface area contributed by atoms with Crippen LogP contribution >= 0.6 is 47.1 Å². The van der Waals surface area contributed by atoms with Crippen molar-refractivity contribution in [1.29, 1.82) is 0 Å². The highest BCUT2D eigenvalue weighted by Crippen LogP contribution is 2.51. The van der Waals surface area contributed by atoms with Gasteiger partial charge < -0.3 is 10.6 Å². The summed E-state index contributed by atoms with van der Waals surface area (Å²) < 4.78 is 0.318. The highest BCUT2D eigenvalue weighted by Gasteiger charge is 2.43. The van der Waals surface area contributed by atoms with E-state index in [0.717, 1.165) is 24.1 Å². The van der Waals surface area contributed by atoms with Crippen molar-refractivity contribution in [2.45, 2.75) is 42.9 Å². The van der Waals surface area contributed by atoms with Gasteiger partial charge in [-0.1, -0.05) is 18.2 Å². The third-order valence-electron chi connectivity index (χ3n) is 3.87. The van der Waals surface area contributed by atoms with Crippen LogP contribution in [0.1, 0.15) is 29.7 Å². The quantitative estimate of drug-likeness (QED) is 0.344. The topological polar surface area (TPSA) is 49.3 Å². The third kappa shape index (κ3) is 6.45. The van der Waals surface area contributed by atoms with Crippen molar-refractivity contribution in [2.75, 3.05) is 13.1 Å². The predicted octanol–water partition coefficient (Wildman–Crippen LogP) is 4.45. The zero-order chi connectivity index (χ0) is 16.8. The van der Waals surface area contributed by atoms with Gasteiger partial charge in [0.15, 0.2) is 5.96 Å². The molecule has 1 aliphatic carbocycles. The van der Waals surface area contributed by atoms with Crippen LogP contribution in [0.25, 0.3) is 0 Å². The largest absolute Gasteiger partial charge is 0.357 e. The van der Waals surface area contributed by atoms with Gasteiger partial charge in [0.05, 0.1) is 11.6 Å². The highest BCUT2D eigenvalue weighted by atomic mass is 127. The highest BCUT2D eigenvalue weighted by molar-refractivity contribution is 14.0. The molecule has 1 aromatic heterocycles. The predicted molar refractivity (Wildman–Crippen MR) is 119 cm³/mol. The number of aromatic nitrogens is 1. The first-order valence-electron chi connectivity index (χ1n) is 8.37. The second kappa shape index (κ2) is 9.78. The molecule has 7 heteroatoms. The van der Waals surface area contributed by atoms with Crippen LogP contribution in [-0.4, -0.2) is 28.8 Å². The molecule has 2 N–H and O–H groups in total. The molecule has 1 fully saturated rings. The number of thiazole rings is 1. The fraction of sp³-hybridized carbons (Fsp3) is 0.444. The molecule has 25 heavy (non-hydrogen) atoms. The van der Waals surface area contributed by atoms with E-state index >= 15 is 0 Å². The number of rotatable bonds is 7. The fourth-order valence-electron chi connectivity index (χ4n) is 2.41. The lowest BCUT2D eigenvalue weighted by Gasteiger charge is -2.18. The second-order valence-corrected chi connectivity index (χ2v) is 8.85. The number of guanidine groups is 1. The molecule has 0 aliphatic heterocycles. The Hall–Kier alpha value is -0.800. The second-order valence-electron chi connectivity index (χ2n) is 5.99. The summed E-state index contributed by atoms with van der Waals surface area (Å²) in [5.74, 6) is 0.892. The maximum atomic E-state index is 4.69. The molecular formula is C18H25IN4S2. The fourth-order valence-corrected chi connectivity index (χ4v) is 4.38. The number of aryl methyl sites for hydroxylation is 1. The van der Waals surface area contributed by atoms with Crippen molar-refractivity contribution in [2.24, 2.45) is 4.99 Å². The van der Waals surface area contributed by atoms with Crippen molar-refractivity contribution in [3.63, 3.8) is 0 Å². The summed E-state index contributed by atoms with van der Waals surface area (Å²) in [6.45, 7) is 6.62. The van der Waals surface area contributed by atoms with E-state index in [2.05, 4.69) is 52.9 Å². The molecule has 1 heterocycles. The maximum absolute atomic E-state index is 4.69. The van der Waals surface area contributed by atoms with Crippen molar-refractivity contribution in [1.82, 2.24) is 15.6 Å². The van der Waals surface area contributed by atoms with Crippen molar-refractivity contribution < 1.29 is 0 Å². The van der Waals surface area contributed by atoms with Gasteiger partial charge in [-0.15, -0.1) is 47.1 Å². The molecule has 0 spiro atoms. The average Bonchev–Trinajstić information content (AvgIpc) is 3.22. The molecule has 4 nitrogen and oxygen atoms in total. The average molecular weight is 488 g/mol. The Morgan fingerprint density at radius 3 is 2.64 bits per heavy atom. The van der Waals surface area contributed by atoms with Gasteiger partial charge in [-0.25, -0.2) is 9.98 Å². The summed E-state index contributed by atoms with van der Waals surface area (Å²) in [7, 11) is 0. The van der Waals surface area contributed by atoms with Gasteiger partial charge in [-0.3, -0.25) is 0 Å². The van der Waals surface area contributed by atoms with Gasteiger partial charge in [-0.05, 0) is 38.8 Å². The van der Waals surface area contributed by atoms with Crippen LogP contribution in [-0.2, 0) is 6.54 Å². The normalized spacial score (nSPS) is 15.4. The van der Waals surface area contributed by atoms with Crippen molar-refractivity contribution in [3.05, 3.63) is 46.4 Å². The molecule has 0 atom stereocenters. The standard InChI is InChI=1S/C18H24N4S2.HI/c1-3-19-17(21-12-16-11-20-14(2)23-16)22-13-18(9-10-18)24-15-7-5-4-6-8-15;/h4-8,11H,3,9-10,12-13H2,1-2H3,(H2,19,21,22);1H. The number of hydrogen-bond donors (Lipinski definition) is 2. The number of hydrogen-bond acceptors (Lipinski definition) is 4. The van der Waals surface area contributed by atoms with E-state index in [9.17, 15) is 0 Å². The Bertz CT molecular complexity index is 683. The van der Waals surface area contributed by atoms with E-state index < -0.39 is 0 Å². The van der Waals surface area contributed by atoms with Crippen LogP contribution in [0, 0.1) is 6.92 Å². The minimum Gasteiger partial charge on any atom is -0.357 e. The number of nitrogens with one attached hydrogen (secondary N) is 2. The van der Waals surface area contributed by atoms with Gasteiger partial charge in [-0.2, -0.15) is 0 Å². The summed E-state index contributed by atoms with van der Waals surface area (Å²) >= 11 is 3.69. The van der Waals surface area contributed by atoms with E-state index in [1.807, 2.05) is 24.9 Å². The van der Waals surface area contributed by atoms with E-state index in [1.165, 1.54) is 22.6 Å². The summed E-state index contributed by atoms with van der Waals surface area (Å²) in [5, 5.41) is 7.95. The molecule has 1 aromatic carbocycles. The lowest BCUT2D eigenvalue weighted by molar-refractivity contribution is 0.770. The molecule has 2 aromatic rings. The number of halogens is 1. The molecule has 0 saturated heterocycles. The molecule has 1 aliphatic rings. The van der Waals surface area contributed by atoms with Gasteiger partial charge in [0.25, 0.3) is 0 Å². The van der Waals surface area contributed by atoms with Crippen LogP contribution in [0.15, 0.2) is 46.4 Å². The molecule has 0 radical (unpaired) electrons. The first-order chi connectivity index (χ1) is 11.7. The van der Waals surface area contributed by atoms with Gasteiger partial charge in [0, 0.05) is 33.8 Å². The van der Waals surface area contributed by atoms with Gasteiger partial charge >= 0.3 is 0 Å². The number of thioether (sulfide) groups is 1. The van der Waals surface area contributed by atoms with E-state index in [-0.39, 0.29) is 24.0 Å². The van der Waals surface area contributed by atoms with Crippen LogP contribution < -0.4 is 10.6 Å². The van der Waals surface area contributed by atoms with Gasteiger partial charge in [0.1, 0.15) is 0 Å². The number of benzene rings is 1. The summed E-state index contributed by atoms with van der Waals surface area (Å²) in [5.41, 5.74) is 0. The van der Waals surface area contributed by atoms with E-state index in [0.29, 0.717) is 11.3 Å². The Kier molecular flexibility index (Phi) is 8.02.